The second-order valence-corrected chi connectivity index (χ2v) is 19.4. The van der Waals surface area contributed by atoms with Gasteiger partial charge in [0.05, 0.1) is 17.0 Å². The van der Waals surface area contributed by atoms with Crippen LogP contribution in [0.3, 0.4) is 0 Å². The van der Waals surface area contributed by atoms with Crippen molar-refractivity contribution in [3.63, 3.8) is 0 Å². The molecule has 1 aromatic heterocycles. The summed E-state index contributed by atoms with van der Waals surface area (Å²) in [7, 11) is 0. The van der Waals surface area contributed by atoms with Gasteiger partial charge in [-0.25, -0.2) is 0 Å². The largest absolute Gasteiger partial charge is 0.331 e. The Morgan fingerprint density at radius 1 is 0.695 bits per heavy atom. The van der Waals surface area contributed by atoms with E-state index in [4.69, 9.17) is 0 Å². The number of hydrogen-bond acceptors (Lipinski definition) is 4. The minimum Gasteiger partial charge on any atom is -0.331 e. The number of benzene rings is 6. The van der Waals surface area contributed by atoms with Crippen LogP contribution in [0.5, 0.6) is 0 Å². The number of thiophene rings is 1. The maximum atomic E-state index is 2.67. The lowest BCUT2D eigenvalue weighted by molar-refractivity contribution is 0.660. The monoisotopic (exact) mass is 796 g/mol. The molecule has 3 aliphatic carbocycles. The van der Waals surface area contributed by atoms with Gasteiger partial charge in [-0.05, 0) is 118 Å². The van der Waals surface area contributed by atoms with E-state index in [1.165, 1.54) is 72.0 Å². The van der Waals surface area contributed by atoms with Crippen LogP contribution < -0.4 is 9.80 Å². The van der Waals surface area contributed by atoms with Gasteiger partial charge in [0.25, 0.3) is 0 Å². The minimum absolute atomic E-state index is 0.00456. The summed E-state index contributed by atoms with van der Waals surface area (Å²) >= 11 is 4.11. The molecule has 0 radical (unpaired) electrons. The van der Waals surface area contributed by atoms with E-state index in [-0.39, 0.29) is 5.41 Å². The molecule has 0 saturated heterocycles. The lowest BCUT2D eigenvalue weighted by Crippen LogP contribution is -2.21. The van der Waals surface area contributed by atoms with Gasteiger partial charge in [-0.3, -0.25) is 0 Å². The zero-order valence-corrected chi connectivity index (χ0v) is 34.9. The van der Waals surface area contributed by atoms with Crippen LogP contribution in [0, 0.1) is 0 Å². The summed E-state index contributed by atoms with van der Waals surface area (Å²) < 4.78 is 0. The molecule has 0 amide bonds. The Morgan fingerprint density at radius 3 is 2.24 bits per heavy atom. The summed E-state index contributed by atoms with van der Waals surface area (Å²) in [5, 5.41) is 0.420. The molecule has 2 nitrogen and oxygen atoms in total. The number of nitrogens with zero attached hydrogens (tertiary/aromatic N) is 2. The fraction of sp³-hybridized carbons (Fsp3) is 0.164. The highest BCUT2D eigenvalue weighted by molar-refractivity contribution is 8.00. The van der Waals surface area contributed by atoms with E-state index in [0.29, 0.717) is 17.2 Å². The Hall–Kier alpha value is -5.81. The highest BCUT2D eigenvalue weighted by Crippen LogP contribution is 2.67. The first kappa shape index (κ1) is 35.2. The first-order valence-electron chi connectivity index (χ1n) is 21.1. The summed E-state index contributed by atoms with van der Waals surface area (Å²) in [6, 6.07) is 54.9. The number of fused-ring (bicyclic) bond motifs is 10. The molecule has 6 aromatic carbocycles. The number of hydrogen-bond donors (Lipinski definition) is 0. The van der Waals surface area contributed by atoms with E-state index in [1.807, 2.05) is 0 Å². The third-order valence-electron chi connectivity index (χ3n) is 13.4. The number of anilines is 4. The number of aryl methyl sites for hydroxylation is 1. The van der Waals surface area contributed by atoms with Crippen LogP contribution in [0.25, 0.3) is 28.3 Å². The predicted octanol–water partition coefficient (Wildman–Crippen LogP) is 15.5. The van der Waals surface area contributed by atoms with Crippen LogP contribution >= 0.6 is 23.1 Å². The maximum Gasteiger partial charge on any atom is 0.0774 e. The molecule has 286 valence electrons. The lowest BCUT2D eigenvalue weighted by Gasteiger charge is -2.31. The summed E-state index contributed by atoms with van der Waals surface area (Å²) in [5.74, 6) is 0.372. The topological polar surface area (TPSA) is 6.48 Å². The molecule has 3 heterocycles. The van der Waals surface area contributed by atoms with E-state index in [9.17, 15) is 0 Å². The van der Waals surface area contributed by atoms with E-state index in [2.05, 4.69) is 223 Å². The van der Waals surface area contributed by atoms with Crippen molar-refractivity contribution in [3.8, 4) is 22.3 Å². The summed E-state index contributed by atoms with van der Waals surface area (Å²) in [6.07, 6.45) is 15.1. The number of rotatable bonds is 6. The lowest BCUT2D eigenvalue weighted by atomic mass is 9.82. The normalized spacial score (nSPS) is 20.0. The average molecular weight is 797 g/mol. The Bertz CT molecular complexity index is 2880. The molecule has 4 heteroatoms. The van der Waals surface area contributed by atoms with Crippen molar-refractivity contribution in [2.75, 3.05) is 9.80 Å². The van der Waals surface area contributed by atoms with Crippen molar-refractivity contribution in [2.45, 2.75) is 60.6 Å². The first-order valence-corrected chi connectivity index (χ1v) is 22.8. The molecule has 3 unspecified atom stereocenters. The van der Waals surface area contributed by atoms with Gasteiger partial charge in [0.2, 0.25) is 0 Å². The molecule has 12 rings (SSSR count). The highest BCUT2D eigenvalue weighted by Gasteiger charge is 2.49. The van der Waals surface area contributed by atoms with Crippen molar-refractivity contribution < 1.29 is 0 Å². The Morgan fingerprint density at radius 2 is 1.42 bits per heavy atom. The van der Waals surface area contributed by atoms with Crippen molar-refractivity contribution in [2.24, 2.45) is 0 Å². The van der Waals surface area contributed by atoms with Gasteiger partial charge < -0.3 is 9.80 Å². The molecule has 0 saturated carbocycles. The molecule has 3 atom stereocenters. The van der Waals surface area contributed by atoms with Crippen LogP contribution in [0.2, 0.25) is 0 Å². The maximum absolute atomic E-state index is 2.67. The second-order valence-electron chi connectivity index (χ2n) is 17.1. The van der Waals surface area contributed by atoms with Gasteiger partial charge >= 0.3 is 0 Å². The van der Waals surface area contributed by atoms with Crippen LogP contribution in [-0.4, -0.2) is 0 Å². The quantitative estimate of drug-likeness (QED) is 0.165. The van der Waals surface area contributed by atoms with E-state index in [1.54, 1.807) is 9.75 Å². The third kappa shape index (κ3) is 5.53. The molecule has 0 spiro atoms. The SMILES string of the molecule is CC1(C)c2ccccc2-c2cc(-c3ccc(N(C4=CCC(c5ccccc5)C=C4)c4ccc(N5c6c(sc7c6C=CCC7)C6Sc7ccccc7C65)cc4)cc3)ccc21. The Labute approximate surface area is 355 Å². The first-order chi connectivity index (χ1) is 29.0. The van der Waals surface area contributed by atoms with Gasteiger partial charge in [0, 0.05) is 54.3 Å². The molecule has 0 N–H and O–H groups in total. The van der Waals surface area contributed by atoms with Gasteiger partial charge in [-0.15, -0.1) is 23.1 Å². The van der Waals surface area contributed by atoms with Crippen molar-refractivity contribution in [1.29, 1.82) is 0 Å². The molecule has 2 aliphatic heterocycles. The van der Waals surface area contributed by atoms with Crippen LogP contribution in [0.4, 0.5) is 22.7 Å². The smallest absolute Gasteiger partial charge is 0.0774 e. The van der Waals surface area contributed by atoms with Crippen molar-refractivity contribution in [1.82, 2.24) is 0 Å². The van der Waals surface area contributed by atoms with Gasteiger partial charge in [0.15, 0.2) is 0 Å². The number of thioether (sulfide) groups is 1. The highest BCUT2D eigenvalue weighted by atomic mass is 32.2. The molecule has 0 fully saturated rings. The van der Waals surface area contributed by atoms with Gasteiger partial charge in [-0.2, -0.15) is 0 Å². The van der Waals surface area contributed by atoms with E-state index < -0.39 is 0 Å². The summed E-state index contributed by atoms with van der Waals surface area (Å²) in [4.78, 5) is 9.63. The van der Waals surface area contributed by atoms with Crippen molar-refractivity contribution >= 4 is 51.9 Å². The molecule has 7 aromatic rings. The Balaban J connectivity index is 0.918. The molecular formula is C55H44N2S2. The van der Waals surface area contributed by atoms with E-state index in [0.717, 1.165) is 30.6 Å². The zero-order valence-electron chi connectivity index (χ0n) is 33.3. The predicted molar refractivity (Wildman–Crippen MR) is 251 cm³/mol. The second kappa shape index (κ2) is 13.6. The van der Waals surface area contributed by atoms with Crippen LogP contribution in [0.15, 0.2) is 180 Å². The fourth-order valence-corrected chi connectivity index (χ4v) is 13.4. The van der Waals surface area contributed by atoms with Crippen LogP contribution in [0.1, 0.15) is 81.5 Å². The molecule has 0 bridgehead atoms. The van der Waals surface area contributed by atoms with Gasteiger partial charge in [0.1, 0.15) is 0 Å². The molecule has 5 aliphatic rings. The summed E-state index contributed by atoms with van der Waals surface area (Å²) in [6.45, 7) is 4.70. The van der Waals surface area contributed by atoms with E-state index >= 15 is 0 Å². The zero-order chi connectivity index (χ0) is 39.2. The van der Waals surface area contributed by atoms with Crippen molar-refractivity contribution in [3.05, 3.63) is 213 Å². The average Bonchev–Trinajstić information content (AvgIpc) is 4.01. The van der Waals surface area contributed by atoms with Crippen LogP contribution in [-0.2, 0) is 11.8 Å². The third-order valence-corrected chi connectivity index (χ3v) is 16.3. The summed E-state index contributed by atoms with van der Waals surface area (Å²) in [5.41, 5.74) is 18.5. The Kier molecular flexibility index (Phi) is 8.12. The minimum atomic E-state index is 0.00456. The molecular weight excluding hydrogens is 753 g/mol. The van der Waals surface area contributed by atoms with Gasteiger partial charge in [-0.1, -0.05) is 135 Å². The molecule has 59 heavy (non-hydrogen) atoms. The fourth-order valence-electron chi connectivity index (χ4n) is 10.4. The number of allylic oxidation sites excluding steroid dienone is 4. The standard InChI is InChI=1S/C55H44N2S2/c1-55(2)47-17-9-6-14-43(47)46-34-38(24-33-48(46)55)37-22-27-40(28-23-37)56(39-25-20-36(21-26-39)35-12-4-3-5-13-35)41-29-31-42(32-30-41)57-51-44-15-7-10-18-49(44)58-53(51)54-52(57)45-16-8-11-19-50(45)59-54/h3-10,12-18,20,22-34,36,51,53H,11,19,21H2,1-2H3.